The van der Waals surface area contributed by atoms with Crippen LogP contribution >= 0.6 is 0 Å². The summed E-state index contributed by atoms with van der Waals surface area (Å²) >= 11 is 0. The summed E-state index contributed by atoms with van der Waals surface area (Å²) in [7, 11) is 0. The van der Waals surface area contributed by atoms with Crippen molar-refractivity contribution in [2.45, 2.75) is 58.9 Å². The number of benzene rings is 1. The highest BCUT2D eigenvalue weighted by molar-refractivity contribution is 5.93. The van der Waals surface area contributed by atoms with E-state index in [0.717, 1.165) is 12.8 Å². The standard InChI is InChI=1S/C19H28N2O4/c1-4-5-6-7-8-14(2)20-18(23)13-25-19(24)16-9-11-17(12-10-16)21-15(3)22/h9-12,14H,4-8,13H2,1-3H3,(H,20,23)(H,21,22)/t14-/m0/s1. The molecule has 0 heterocycles. The molecule has 1 aromatic rings. The van der Waals surface area contributed by atoms with E-state index >= 15 is 0 Å². The Kier molecular flexibility index (Phi) is 9.29. The molecule has 0 spiro atoms. The lowest BCUT2D eigenvalue weighted by atomic mass is 10.1. The predicted molar refractivity (Wildman–Crippen MR) is 97.4 cm³/mol. The van der Waals surface area contributed by atoms with Gasteiger partial charge in [-0.15, -0.1) is 0 Å². The van der Waals surface area contributed by atoms with Crippen LogP contribution in [-0.2, 0) is 14.3 Å². The van der Waals surface area contributed by atoms with Gasteiger partial charge in [-0.05, 0) is 37.6 Å². The molecule has 25 heavy (non-hydrogen) atoms. The van der Waals surface area contributed by atoms with Crippen LogP contribution in [0.3, 0.4) is 0 Å². The van der Waals surface area contributed by atoms with Crippen molar-refractivity contribution in [3.8, 4) is 0 Å². The van der Waals surface area contributed by atoms with E-state index in [1.807, 2.05) is 6.92 Å². The van der Waals surface area contributed by atoms with E-state index in [0.29, 0.717) is 11.3 Å². The highest BCUT2D eigenvalue weighted by atomic mass is 16.5. The molecule has 0 aliphatic carbocycles. The number of hydrogen-bond acceptors (Lipinski definition) is 4. The first-order chi connectivity index (χ1) is 11.9. The molecule has 0 aliphatic rings. The van der Waals surface area contributed by atoms with Crippen molar-refractivity contribution in [2.75, 3.05) is 11.9 Å². The van der Waals surface area contributed by atoms with E-state index in [4.69, 9.17) is 4.74 Å². The summed E-state index contributed by atoms with van der Waals surface area (Å²) in [5.41, 5.74) is 0.924. The van der Waals surface area contributed by atoms with Gasteiger partial charge >= 0.3 is 5.97 Å². The lowest BCUT2D eigenvalue weighted by Gasteiger charge is -2.13. The molecule has 138 valence electrons. The van der Waals surface area contributed by atoms with E-state index in [-0.39, 0.29) is 24.5 Å². The number of esters is 1. The molecule has 1 rings (SSSR count). The van der Waals surface area contributed by atoms with Crippen LogP contribution in [0.1, 0.15) is 63.2 Å². The minimum atomic E-state index is -0.569. The average molecular weight is 348 g/mol. The maximum Gasteiger partial charge on any atom is 0.338 e. The maximum atomic E-state index is 11.9. The molecule has 0 bridgehead atoms. The summed E-state index contributed by atoms with van der Waals surface area (Å²) < 4.78 is 5.02. The van der Waals surface area contributed by atoms with Gasteiger partial charge in [-0.25, -0.2) is 4.79 Å². The van der Waals surface area contributed by atoms with Gasteiger partial charge in [0.2, 0.25) is 5.91 Å². The summed E-state index contributed by atoms with van der Waals surface area (Å²) in [6, 6.07) is 6.37. The second kappa shape index (κ2) is 11.2. The lowest BCUT2D eigenvalue weighted by molar-refractivity contribution is -0.124. The number of carbonyl (C=O) groups is 3. The first kappa shape index (κ1) is 20.7. The first-order valence-corrected chi connectivity index (χ1v) is 8.76. The van der Waals surface area contributed by atoms with Gasteiger partial charge in [0.1, 0.15) is 0 Å². The molecule has 0 radical (unpaired) electrons. The smallest absolute Gasteiger partial charge is 0.338 e. The van der Waals surface area contributed by atoms with Gasteiger partial charge in [0, 0.05) is 18.7 Å². The SMILES string of the molecule is CCCCCC[C@H](C)NC(=O)COC(=O)c1ccc(NC(C)=O)cc1. The number of unbranched alkanes of at least 4 members (excludes halogenated alkanes) is 3. The number of rotatable bonds is 10. The third kappa shape index (κ3) is 8.88. The molecule has 0 saturated heterocycles. The molecule has 0 aromatic heterocycles. The highest BCUT2D eigenvalue weighted by Crippen LogP contribution is 2.10. The largest absolute Gasteiger partial charge is 0.452 e. The second-order valence-electron chi connectivity index (χ2n) is 6.15. The molecule has 0 fully saturated rings. The Hall–Kier alpha value is -2.37. The van der Waals surface area contributed by atoms with Crippen LogP contribution in [0.2, 0.25) is 0 Å². The van der Waals surface area contributed by atoms with Crippen molar-refractivity contribution >= 4 is 23.5 Å². The van der Waals surface area contributed by atoms with Crippen molar-refractivity contribution < 1.29 is 19.1 Å². The molecule has 0 saturated carbocycles. The fourth-order valence-electron chi connectivity index (χ4n) is 2.37. The monoisotopic (exact) mass is 348 g/mol. The molecular weight excluding hydrogens is 320 g/mol. The third-order valence-electron chi connectivity index (χ3n) is 3.67. The predicted octanol–water partition coefficient (Wildman–Crippen LogP) is 3.28. The topological polar surface area (TPSA) is 84.5 Å². The quantitative estimate of drug-likeness (QED) is 0.502. The van der Waals surface area contributed by atoms with Crippen LogP contribution in [0.25, 0.3) is 0 Å². The van der Waals surface area contributed by atoms with Crippen molar-refractivity contribution in [3.63, 3.8) is 0 Å². The normalized spacial score (nSPS) is 11.5. The van der Waals surface area contributed by atoms with Crippen LogP contribution in [0, 0.1) is 0 Å². The minimum absolute atomic E-state index is 0.0694. The van der Waals surface area contributed by atoms with Crippen LogP contribution in [0.15, 0.2) is 24.3 Å². The van der Waals surface area contributed by atoms with E-state index in [9.17, 15) is 14.4 Å². The van der Waals surface area contributed by atoms with Crippen molar-refractivity contribution in [3.05, 3.63) is 29.8 Å². The average Bonchev–Trinajstić information content (AvgIpc) is 2.57. The fourth-order valence-corrected chi connectivity index (χ4v) is 2.37. The summed E-state index contributed by atoms with van der Waals surface area (Å²) in [6.07, 6.45) is 5.56. The number of nitrogens with one attached hydrogen (secondary N) is 2. The van der Waals surface area contributed by atoms with Gasteiger partial charge in [-0.2, -0.15) is 0 Å². The van der Waals surface area contributed by atoms with Crippen LogP contribution < -0.4 is 10.6 Å². The van der Waals surface area contributed by atoms with Gasteiger partial charge in [0.25, 0.3) is 5.91 Å². The molecule has 6 heteroatoms. The van der Waals surface area contributed by atoms with Gasteiger partial charge in [-0.1, -0.05) is 32.6 Å². The molecule has 2 N–H and O–H groups in total. The third-order valence-corrected chi connectivity index (χ3v) is 3.67. The van der Waals surface area contributed by atoms with E-state index in [1.165, 1.54) is 26.2 Å². The molecule has 2 amide bonds. The molecule has 0 aliphatic heterocycles. The molecule has 1 aromatic carbocycles. The molecule has 6 nitrogen and oxygen atoms in total. The van der Waals surface area contributed by atoms with E-state index < -0.39 is 5.97 Å². The Morgan fingerprint density at radius 2 is 1.76 bits per heavy atom. The summed E-state index contributed by atoms with van der Waals surface area (Å²) in [6.45, 7) is 5.22. The van der Waals surface area contributed by atoms with E-state index in [2.05, 4.69) is 17.6 Å². The maximum absolute atomic E-state index is 11.9. The zero-order chi connectivity index (χ0) is 18.7. The zero-order valence-electron chi connectivity index (χ0n) is 15.3. The zero-order valence-corrected chi connectivity index (χ0v) is 15.3. The number of anilines is 1. The van der Waals surface area contributed by atoms with Crippen molar-refractivity contribution in [1.29, 1.82) is 0 Å². The van der Waals surface area contributed by atoms with Crippen molar-refractivity contribution in [2.24, 2.45) is 0 Å². The van der Waals surface area contributed by atoms with Crippen LogP contribution in [-0.4, -0.2) is 30.4 Å². The van der Waals surface area contributed by atoms with Gasteiger partial charge in [0.15, 0.2) is 6.61 Å². The van der Waals surface area contributed by atoms with Crippen molar-refractivity contribution in [1.82, 2.24) is 5.32 Å². The Labute approximate surface area is 149 Å². The van der Waals surface area contributed by atoms with Gasteiger partial charge < -0.3 is 15.4 Å². The minimum Gasteiger partial charge on any atom is -0.452 e. The highest BCUT2D eigenvalue weighted by Gasteiger charge is 2.12. The molecule has 0 unspecified atom stereocenters. The summed E-state index contributed by atoms with van der Waals surface area (Å²) in [5.74, 6) is -1.05. The Morgan fingerprint density at radius 1 is 1.08 bits per heavy atom. The number of ether oxygens (including phenoxy) is 1. The van der Waals surface area contributed by atoms with Crippen LogP contribution in [0.5, 0.6) is 0 Å². The number of amides is 2. The Balaban J connectivity index is 2.32. The Morgan fingerprint density at radius 3 is 2.36 bits per heavy atom. The lowest BCUT2D eigenvalue weighted by Crippen LogP contribution is -2.35. The fraction of sp³-hybridized carbons (Fsp3) is 0.526. The molecular formula is C19H28N2O4. The number of carbonyl (C=O) groups excluding carboxylic acids is 3. The summed E-state index contributed by atoms with van der Waals surface area (Å²) in [5, 5.41) is 5.44. The van der Waals surface area contributed by atoms with Gasteiger partial charge in [0.05, 0.1) is 5.56 Å². The van der Waals surface area contributed by atoms with Gasteiger partial charge in [-0.3, -0.25) is 9.59 Å². The van der Waals surface area contributed by atoms with Crippen LogP contribution in [0.4, 0.5) is 5.69 Å². The van der Waals surface area contributed by atoms with E-state index in [1.54, 1.807) is 24.3 Å². The summed E-state index contributed by atoms with van der Waals surface area (Å²) in [4.78, 5) is 34.7. The second-order valence-corrected chi connectivity index (χ2v) is 6.15. The Bertz CT molecular complexity index is 569. The first-order valence-electron chi connectivity index (χ1n) is 8.76. The molecule has 1 atom stereocenters. The number of hydrogen-bond donors (Lipinski definition) is 2.